The molecule has 0 atom stereocenters. The smallest absolute Gasteiger partial charge is 0.162 e. The van der Waals surface area contributed by atoms with Crippen molar-refractivity contribution in [1.29, 1.82) is 0 Å². The summed E-state index contributed by atoms with van der Waals surface area (Å²) in [6, 6.07) is 7.97. The van der Waals surface area contributed by atoms with E-state index >= 15 is 0 Å². The number of benzene rings is 2. The van der Waals surface area contributed by atoms with Gasteiger partial charge in [-0.25, -0.2) is 14.4 Å². The molecule has 3 aromatic rings. The number of aromatic nitrogens is 2. The second kappa shape index (κ2) is 9.20. The molecule has 1 aromatic heterocycles. The number of rotatable bonds is 5. The van der Waals surface area contributed by atoms with E-state index in [1.165, 1.54) is 18.5 Å². The predicted molar refractivity (Wildman–Crippen MR) is 103 cm³/mol. The Balaban J connectivity index is 0.00000117. The fraction of sp³-hybridized carbons (Fsp3) is 0.263. The van der Waals surface area contributed by atoms with Crippen LogP contribution in [0.5, 0.6) is 11.5 Å². The first-order chi connectivity index (χ1) is 12.6. The highest BCUT2D eigenvalue weighted by Crippen LogP contribution is 2.35. The van der Waals surface area contributed by atoms with Gasteiger partial charge in [0.15, 0.2) is 11.5 Å². The zero-order valence-corrected chi connectivity index (χ0v) is 15.9. The maximum absolute atomic E-state index is 13.3. The Hall–Kier alpha value is -2.60. The van der Waals surface area contributed by atoms with Gasteiger partial charge in [0.25, 0.3) is 0 Å². The molecule has 0 saturated carbocycles. The van der Waals surface area contributed by atoms with Crippen LogP contribution in [0.1, 0.15) is 20.8 Å². The molecule has 0 aliphatic heterocycles. The number of halogens is 2. The normalized spacial score (nSPS) is 10.1. The molecule has 138 valence electrons. The zero-order chi connectivity index (χ0) is 19.1. The van der Waals surface area contributed by atoms with Crippen LogP contribution >= 0.6 is 11.6 Å². The molecule has 0 saturated heterocycles. The van der Waals surface area contributed by atoms with Crippen LogP contribution in [0.2, 0.25) is 5.02 Å². The van der Waals surface area contributed by atoms with Crippen molar-refractivity contribution in [2.75, 3.05) is 19.0 Å². The van der Waals surface area contributed by atoms with Crippen LogP contribution in [0.3, 0.4) is 0 Å². The molecule has 0 unspecified atom stereocenters. The maximum atomic E-state index is 13.3. The second-order valence-electron chi connectivity index (χ2n) is 4.93. The summed E-state index contributed by atoms with van der Waals surface area (Å²) >= 11 is 5.82. The fourth-order valence-corrected chi connectivity index (χ4v) is 2.48. The number of ether oxygens (including phenoxy) is 2. The summed E-state index contributed by atoms with van der Waals surface area (Å²) in [6.45, 7) is 6.40. The van der Waals surface area contributed by atoms with E-state index in [1.54, 1.807) is 19.2 Å². The minimum atomic E-state index is -0.474. The molecule has 0 aliphatic carbocycles. The minimum Gasteiger partial charge on any atom is -0.493 e. The average molecular weight is 378 g/mol. The van der Waals surface area contributed by atoms with Gasteiger partial charge in [-0.15, -0.1) is 0 Å². The van der Waals surface area contributed by atoms with Gasteiger partial charge in [-0.05, 0) is 31.2 Å². The second-order valence-corrected chi connectivity index (χ2v) is 5.34. The molecule has 26 heavy (non-hydrogen) atoms. The molecule has 1 heterocycles. The van der Waals surface area contributed by atoms with E-state index in [4.69, 9.17) is 21.1 Å². The van der Waals surface area contributed by atoms with E-state index < -0.39 is 5.82 Å². The van der Waals surface area contributed by atoms with E-state index in [1.807, 2.05) is 26.8 Å². The van der Waals surface area contributed by atoms with E-state index in [0.29, 0.717) is 35.1 Å². The third-order valence-corrected chi connectivity index (χ3v) is 3.69. The summed E-state index contributed by atoms with van der Waals surface area (Å²) in [5.41, 5.74) is 1.32. The largest absolute Gasteiger partial charge is 0.493 e. The first-order valence-corrected chi connectivity index (χ1v) is 8.67. The Kier molecular flexibility index (Phi) is 6.97. The van der Waals surface area contributed by atoms with E-state index in [0.717, 1.165) is 5.39 Å². The maximum Gasteiger partial charge on any atom is 0.162 e. The highest BCUT2D eigenvalue weighted by Gasteiger charge is 2.12. The lowest BCUT2D eigenvalue weighted by atomic mass is 10.2. The van der Waals surface area contributed by atoms with Gasteiger partial charge >= 0.3 is 0 Å². The van der Waals surface area contributed by atoms with Gasteiger partial charge in [0, 0.05) is 17.1 Å². The molecule has 7 heteroatoms. The number of anilines is 2. The monoisotopic (exact) mass is 377 g/mol. The molecule has 0 fully saturated rings. The highest BCUT2D eigenvalue weighted by atomic mass is 35.5. The van der Waals surface area contributed by atoms with Gasteiger partial charge in [0.1, 0.15) is 18.0 Å². The number of nitrogens with one attached hydrogen (secondary N) is 1. The molecule has 0 amide bonds. The third-order valence-electron chi connectivity index (χ3n) is 3.40. The van der Waals surface area contributed by atoms with Crippen LogP contribution in [-0.2, 0) is 0 Å². The van der Waals surface area contributed by atoms with Crippen LogP contribution in [-0.4, -0.2) is 23.7 Å². The van der Waals surface area contributed by atoms with Gasteiger partial charge in [-0.2, -0.15) is 0 Å². The van der Waals surface area contributed by atoms with Gasteiger partial charge in [-0.3, -0.25) is 0 Å². The first-order valence-electron chi connectivity index (χ1n) is 8.30. The van der Waals surface area contributed by atoms with Crippen LogP contribution in [0.15, 0.2) is 36.7 Å². The van der Waals surface area contributed by atoms with Crippen molar-refractivity contribution in [3.63, 3.8) is 0 Å². The minimum absolute atomic E-state index is 0.0371. The average Bonchev–Trinajstić information content (AvgIpc) is 2.66. The number of hydrogen-bond acceptors (Lipinski definition) is 5. The van der Waals surface area contributed by atoms with Crippen molar-refractivity contribution in [3.05, 3.63) is 47.5 Å². The molecular formula is C19H21ClFN3O2. The van der Waals surface area contributed by atoms with Crippen molar-refractivity contribution < 1.29 is 13.9 Å². The SMILES string of the molecule is CC.CCOc1cc2c(Nc3ccc(F)c(Cl)c3)ncnc2cc1OC. The standard InChI is InChI=1S/C17H15ClFN3O2.C2H6/c1-3-24-16-7-11-14(8-15(16)23-2)20-9-21-17(11)22-10-4-5-13(19)12(18)6-10;1-2/h4-9H,3H2,1-2H3,(H,20,21,22);1-2H3. The number of fused-ring (bicyclic) bond motifs is 1. The predicted octanol–water partition coefficient (Wildman–Crippen LogP) is 5.60. The summed E-state index contributed by atoms with van der Waals surface area (Å²) in [5, 5.41) is 3.91. The molecule has 0 radical (unpaired) electrons. The molecule has 2 aromatic carbocycles. The molecule has 3 rings (SSSR count). The van der Waals surface area contributed by atoms with Gasteiger partial charge in [0.05, 0.1) is 24.3 Å². The summed E-state index contributed by atoms with van der Waals surface area (Å²) in [5.74, 6) is 1.28. The Morgan fingerprint density at radius 2 is 1.88 bits per heavy atom. The fourth-order valence-electron chi connectivity index (χ4n) is 2.30. The Morgan fingerprint density at radius 3 is 2.54 bits per heavy atom. The van der Waals surface area contributed by atoms with E-state index in [-0.39, 0.29) is 5.02 Å². The number of nitrogens with zero attached hydrogens (tertiary/aromatic N) is 2. The van der Waals surface area contributed by atoms with Gasteiger partial charge < -0.3 is 14.8 Å². The summed E-state index contributed by atoms with van der Waals surface area (Å²) in [7, 11) is 1.57. The molecule has 0 aliphatic rings. The van der Waals surface area contributed by atoms with Crippen molar-refractivity contribution in [2.24, 2.45) is 0 Å². The molecule has 1 N–H and O–H groups in total. The van der Waals surface area contributed by atoms with Crippen molar-refractivity contribution in [3.8, 4) is 11.5 Å². The lowest BCUT2D eigenvalue weighted by Gasteiger charge is -2.13. The topological polar surface area (TPSA) is 56.3 Å². The van der Waals surface area contributed by atoms with Crippen LogP contribution in [0.4, 0.5) is 15.9 Å². The lowest BCUT2D eigenvalue weighted by molar-refractivity contribution is 0.311. The van der Waals surface area contributed by atoms with Crippen LogP contribution in [0.25, 0.3) is 10.9 Å². The summed E-state index contributed by atoms with van der Waals surface area (Å²) < 4.78 is 24.2. The number of methoxy groups -OCH3 is 1. The van der Waals surface area contributed by atoms with Crippen molar-refractivity contribution in [2.45, 2.75) is 20.8 Å². The molecule has 0 bridgehead atoms. The van der Waals surface area contributed by atoms with Crippen LogP contribution < -0.4 is 14.8 Å². The van der Waals surface area contributed by atoms with Gasteiger partial charge in [-0.1, -0.05) is 25.4 Å². The quantitative estimate of drug-likeness (QED) is 0.627. The van der Waals surface area contributed by atoms with Gasteiger partial charge in [0.2, 0.25) is 0 Å². The van der Waals surface area contributed by atoms with Crippen LogP contribution in [0, 0.1) is 5.82 Å². The highest BCUT2D eigenvalue weighted by molar-refractivity contribution is 6.31. The molecular weight excluding hydrogens is 357 g/mol. The summed E-state index contributed by atoms with van der Waals surface area (Å²) in [6.07, 6.45) is 1.44. The first kappa shape index (κ1) is 19.7. The van der Waals surface area contributed by atoms with Crippen molar-refractivity contribution >= 4 is 34.0 Å². The Morgan fingerprint density at radius 1 is 1.12 bits per heavy atom. The zero-order valence-electron chi connectivity index (χ0n) is 15.1. The van der Waals surface area contributed by atoms with E-state index in [2.05, 4.69) is 15.3 Å². The lowest BCUT2D eigenvalue weighted by Crippen LogP contribution is -1.99. The Labute approximate surface area is 157 Å². The molecule has 0 spiro atoms. The van der Waals surface area contributed by atoms with E-state index in [9.17, 15) is 4.39 Å². The molecule has 5 nitrogen and oxygen atoms in total. The Bertz CT molecular complexity index is 890. The number of hydrogen-bond donors (Lipinski definition) is 1. The third kappa shape index (κ3) is 4.32. The summed E-state index contributed by atoms with van der Waals surface area (Å²) in [4.78, 5) is 8.51. The van der Waals surface area contributed by atoms with Crippen molar-refractivity contribution in [1.82, 2.24) is 9.97 Å².